The molecule has 2 aromatic rings. The number of hydrogen-bond acceptors (Lipinski definition) is 4. The molecule has 0 bridgehead atoms. The van der Waals surface area contributed by atoms with Crippen LogP contribution < -0.4 is 11.1 Å². The summed E-state index contributed by atoms with van der Waals surface area (Å²) in [5.41, 5.74) is 7.38. The van der Waals surface area contributed by atoms with E-state index in [2.05, 4.69) is 21.2 Å². The molecule has 2 aromatic carbocycles. The predicted molar refractivity (Wildman–Crippen MR) is 84.3 cm³/mol. The fourth-order valence-electron chi connectivity index (χ4n) is 1.77. The molecule has 0 atom stereocenters. The number of benzene rings is 2. The molecule has 108 valence electrons. The third kappa shape index (κ3) is 3.38. The monoisotopic (exact) mass is 349 g/mol. The summed E-state index contributed by atoms with van der Waals surface area (Å²) >= 11 is 3.35. The molecular formula is C14H12BrN3O3. The van der Waals surface area contributed by atoms with Gasteiger partial charge in [0.05, 0.1) is 16.2 Å². The fourth-order valence-corrected chi connectivity index (χ4v) is 2.36. The van der Waals surface area contributed by atoms with Gasteiger partial charge in [0.2, 0.25) is 0 Å². The van der Waals surface area contributed by atoms with Gasteiger partial charge in [0.1, 0.15) is 0 Å². The van der Waals surface area contributed by atoms with Crippen molar-refractivity contribution in [3.05, 3.63) is 62.1 Å². The van der Waals surface area contributed by atoms with Gasteiger partial charge in [0, 0.05) is 22.3 Å². The van der Waals surface area contributed by atoms with Crippen LogP contribution in [0, 0.1) is 17.0 Å². The van der Waals surface area contributed by atoms with Crippen LogP contribution in [0.1, 0.15) is 15.9 Å². The molecule has 0 aliphatic carbocycles. The normalized spacial score (nSPS) is 10.2. The lowest BCUT2D eigenvalue weighted by Crippen LogP contribution is -2.14. The molecule has 0 fully saturated rings. The number of anilines is 2. The summed E-state index contributed by atoms with van der Waals surface area (Å²) in [5.74, 6) is -0.499. The van der Waals surface area contributed by atoms with Gasteiger partial charge in [0.15, 0.2) is 0 Å². The molecule has 0 saturated carbocycles. The number of nitrogens with one attached hydrogen (secondary N) is 1. The zero-order chi connectivity index (χ0) is 15.6. The van der Waals surface area contributed by atoms with Gasteiger partial charge in [-0.15, -0.1) is 0 Å². The number of carbonyl (C=O) groups excluding carboxylic acids is 1. The van der Waals surface area contributed by atoms with Gasteiger partial charge in [-0.25, -0.2) is 0 Å². The van der Waals surface area contributed by atoms with E-state index < -0.39 is 10.8 Å². The lowest BCUT2D eigenvalue weighted by atomic mass is 10.1. The third-order valence-corrected chi connectivity index (χ3v) is 3.52. The summed E-state index contributed by atoms with van der Waals surface area (Å²) < 4.78 is 0.722. The highest BCUT2D eigenvalue weighted by Gasteiger charge is 2.16. The quantitative estimate of drug-likeness (QED) is 0.503. The molecule has 2 rings (SSSR count). The summed E-state index contributed by atoms with van der Waals surface area (Å²) in [6.07, 6.45) is 0. The van der Waals surface area contributed by atoms with E-state index in [9.17, 15) is 14.9 Å². The SMILES string of the molecule is Cc1ccc(NC(=O)c2cc([N+](=O)[O-])ccc2N)c(Br)c1. The minimum Gasteiger partial charge on any atom is -0.398 e. The number of hydrogen-bond donors (Lipinski definition) is 2. The number of non-ortho nitro benzene ring substituents is 1. The lowest BCUT2D eigenvalue weighted by Gasteiger charge is -2.09. The van der Waals surface area contributed by atoms with Crippen LogP contribution in [-0.4, -0.2) is 10.8 Å². The van der Waals surface area contributed by atoms with E-state index in [0.717, 1.165) is 16.1 Å². The van der Waals surface area contributed by atoms with Crippen molar-refractivity contribution in [1.29, 1.82) is 0 Å². The maximum absolute atomic E-state index is 12.2. The van der Waals surface area contributed by atoms with E-state index in [0.29, 0.717) is 5.69 Å². The van der Waals surface area contributed by atoms with Crippen molar-refractivity contribution in [3.8, 4) is 0 Å². The van der Waals surface area contributed by atoms with Gasteiger partial charge in [0.25, 0.3) is 11.6 Å². The first-order chi connectivity index (χ1) is 9.88. The number of nitrogens with two attached hydrogens (primary N) is 1. The molecule has 3 N–H and O–H groups in total. The van der Waals surface area contributed by atoms with Crippen LogP contribution in [0.3, 0.4) is 0 Å². The molecule has 0 spiro atoms. The van der Waals surface area contributed by atoms with Crippen LogP contribution in [0.15, 0.2) is 40.9 Å². The second-order valence-corrected chi connectivity index (χ2v) is 5.32. The van der Waals surface area contributed by atoms with Gasteiger partial charge >= 0.3 is 0 Å². The van der Waals surface area contributed by atoms with Crippen molar-refractivity contribution in [2.45, 2.75) is 6.92 Å². The fraction of sp³-hybridized carbons (Fsp3) is 0.0714. The molecule has 7 heteroatoms. The number of nitro groups is 1. The van der Waals surface area contributed by atoms with Gasteiger partial charge in [-0.05, 0) is 46.6 Å². The average molecular weight is 350 g/mol. The highest BCUT2D eigenvalue weighted by Crippen LogP contribution is 2.26. The van der Waals surface area contributed by atoms with Crippen LogP contribution >= 0.6 is 15.9 Å². The number of amides is 1. The number of nitrogen functional groups attached to an aromatic ring is 1. The average Bonchev–Trinajstić information content (AvgIpc) is 2.42. The van der Waals surface area contributed by atoms with Gasteiger partial charge in [-0.2, -0.15) is 0 Å². The molecular weight excluding hydrogens is 338 g/mol. The van der Waals surface area contributed by atoms with Crippen LogP contribution in [-0.2, 0) is 0 Å². The van der Waals surface area contributed by atoms with Crippen molar-refractivity contribution >= 4 is 38.9 Å². The number of nitrogens with zero attached hydrogens (tertiary/aromatic N) is 1. The predicted octanol–water partition coefficient (Wildman–Crippen LogP) is 3.50. The van der Waals surface area contributed by atoms with Crippen LogP contribution in [0.2, 0.25) is 0 Å². The van der Waals surface area contributed by atoms with Crippen molar-refractivity contribution in [1.82, 2.24) is 0 Å². The minimum atomic E-state index is -0.571. The van der Waals surface area contributed by atoms with Gasteiger partial charge in [-0.1, -0.05) is 6.07 Å². The topological polar surface area (TPSA) is 98.3 Å². The molecule has 6 nitrogen and oxygen atoms in total. The van der Waals surface area contributed by atoms with Gasteiger partial charge < -0.3 is 11.1 Å². The maximum Gasteiger partial charge on any atom is 0.270 e. The molecule has 21 heavy (non-hydrogen) atoms. The van der Waals surface area contributed by atoms with E-state index >= 15 is 0 Å². The van der Waals surface area contributed by atoms with Crippen molar-refractivity contribution in [2.24, 2.45) is 0 Å². The Kier molecular flexibility index (Phi) is 4.23. The molecule has 0 unspecified atom stereocenters. The molecule has 0 aromatic heterocycles. The summed E-state index contributed by atoms with van der Waals surface area (Å²) in [6.45, 7) is 1.93. The Hall–Kier alpha value is -2.41. The molecule has 0 saturated heterocycles. The standard InChI is InChI=1S/C14H12BrN3O3/c1-8-2-5-13(11(15)6-8)17-14(19)10-7-9(18(20)21)3-4-12(10)16/h2-7H,16H2,1H3,(H,17,19). The Morgan fingerprint density at radius 3 is 2.62 bits per heavy atom. The molecule has 0 heterocycles. The highest BCUT2D eigenvalue weighted by molar-refractivity contribution is 9.10. The van der Waals surface area contributed by atoms with Crippen LogP contribution in [0.5, 0.6) is 0 Å². The Morgan fingerprint density at radius 1 is 1.29 bits per heavy atom. The molecule has 0 aliphatic heterocycles. The number of aryl methyl sites for hydroxylation is 1. The molecule has 0 aliphatic rings. The Balaban J connectivity index is 2.32. The van der Waals surface area contributed by atoms with E-state index in [1.54, 1.807) is 6.07 Å². The first-order valence-electron chi connectivity index (χ1n) is 6.00. The zero-order valence-corrected chi connectivity index (χ0v) is 12.7. The summed E-state index contributed by atoms with van der Waals surface area (Å²) in [7, 11) is 0. The van der Waals surface area contributed by atoms with E-state index in [1.807, 2.05) is 19.1 Å². The maximum atomic E-state index is 12.2. The highest BCUT2D eigenvalue weighted by atomic mass is 79.9. The van der Waals surface area contributed by atoms with Gasteiger partial charge in [-0.3, -0.25) is 14.9 Å². The summed E-state index contributed by atoms with van der Waals surface area (Å²) in [6, 6.07) is 9.20. The third-order valence-electron chi connectivity index (χ3n) is 2.87. The van der Waals surface area contributed by atoms with Crippen molar-refractivity contribution < 1.29 is 9.72 Å². The second-order valence-electron chi connectivity index (χ2n) is 4.47. The van der Waals surface area contributed by atoms with E-state index in [4.69, 9.17) is 5.73 Å². The first-order valence-corrected chi connectivity index (χ1v) is 6.79. The van der Waals surface area contributed by atoms with E-state index in [1.165, 1.54) is 12.1 Å². The number of carbonyl (C=O) groups is 1. The van der Waals surface area contributed by atoms with Crippen LogP contribution in [0.25, 0.3) is 0 Å². The minimum absolute atomic E-state index is 0.0664. The Bertz CT molecular complexity index is 731. The first kappa shape index (κ1) is 15.0. The lowest BCUT2D eigenvalue weighted by molar-refractivity contribution is -0.384. The van der Waals surface area contributed by atoms with Crippen LogP contribution in [0.4, 0.5) is 17.1 Å². The van der Waals surface area contributed by atoms with E-state index in [-0.39, 0.29) is 16.9 Å². The Labute approximate surface area is 129 Å². The zero-order valence-electron chi connectivity index (χ0n) is 11.1. The second kappa shape index (κ2) is 5.92. The smallest absolute Gasteiger partial charge is 0.270 e. The summed E-state index contributed by atoms with van der Waals surface area (Å²) in [5, 5.41) is 13.4. The van der Waals surface area contributed by atoms with Crippen molar-refractivity contribution in [2.75, 3.05) is 11.1 Å². The summed E-state index contributed by atoms with van der Waals surface area (Å²) in [4.78, 5) is 22.4. The Morgan fingerprint density at radius 2 is 2.00 bits per heavy atom. The number of halogens is 1. The largest absolute Gasteiger partial charge is 0.398 e. The molecule has 1 amide bonds. The number of rotatable bonds is 3. The number of nitro benzene ring substituents is 1. The van der Waals surface area contributed by atoms with Crippen molar-refractivity contribution in [3.63, 3.8) is 0 Å². The molecule has 0 radical (unpaired) electrons.